The molecule has 132 valence electrons. The van der Waals surface area contributed by atoms with Gasteiger partial charge in [-0.05, 0) is 12.8 Å². The van der Waals surface area contributed by atoms with Gasteiger partial charge in [-0.15, -0.1) is 0 Å². The molecule has 6 nitrogen and oxygen atoms in total. The summed E-state index contributed by atoms with van der Waals surface area (Å²) in [7, 11) is 3.15. The van der Waals surface area contributed by atoms with Crippen molar-refractivity contribution in [2.24, 2.45) is 5.92 Å². The molecule has 2 amide bonds. The summed E-state index contributed by atoms with van der Waals surface area (Å²) in [5, 5.41) is 0. The summed E-state index contributed by atoms with van der Waals surface area (Å²) in [5.41, 5.74) is 0.721. The molecule has 1 aromatic rings. The average Bonchev–Trinajstić information content (AvgIpc) is 2.55. The van der Waals surface area contributed by atoms with Crippen molar-refractivity contribution < 1.29 is 19.1 Å². The SMILES string of the molecule is COc1cc(OC)cc(N2CCN(C(=O)CC(C)C)[C@@H](C)C2=O)c1. The molecule has 0 aliphatic carbocycles. The molecule has 0 bridgehead atoms. The van der Waals surface area contributed by atoms with Crippen molar-refractivity contribution in [1.82, 2.24) is 4.90 Å². The molecule has 1 aliphatic rings. The molecule has 1 atom stereocenters. The molecule has 1 heterocycles. The van der Waals surface area contributed by atoms with Crippen molar-refractivity contribution in [1.29, 1.82) is 0 Å². The Kier molecular flexibility index (Phi) is 5.70. The number of carbonyl (C=O) groups excluding carboxylic acids is 2. The zero-order valence-electron chi connectivity index (χ0n) is 15.0. The number of rotatable bonds is 5. The van der Waals surface area contributed by atoms with E-state index in [0.717, 1.165) is 5.69 Å². The summed E-state index contributed by atoms with van der Waals surface area (Å²) in [6.45, 7) is 6.78. The van der Waals surface area contributed by atoms with Crippen molar-refractivity contribution >= 4 is 17.5 Å². The van der Waals surface area contributed by atoms with Crippen LogP contribution in [0.1, 0.15) is 27.2 Å². The molecule has 0 N–H and O–H groups in total. The first-order chi connectivity index (χ1) is 11.4. The number of amides is 2. The largest absolute Gasteiger partial charge is 0.497 e. The van der Waals surface area contributed by atoms with Gasteiger partial charge in [0.25, 0.3) is 0 Å². The third-order valence-corrected chi connectivity index (χ3v) is 4.21. The molecule has 0 unspecified atom stereocenters. The van der Waals surface area contributed by atoms with Gasteiger partial charge >= 0.3 is 0 Å². The lowest BCUT2D eigenvalue weighted by Crippen LogP contribution is -2.57. The van der Waals surface area contributed by atoms with E-state index >= 15 is 0 Å². The standard InChI is InChI=1S/C18H26N2O4/c1-12(2)8-17(21)19-6-7-20(18(22)13(19)3)14-9-15(23-4)11-16(10-14)24-5/h9-13H,6-8H2,1-5H3/t13-/m0/s1. The van der Waals surface area contributed by atoms with Crippen LogP contribution in [0.4, 0.5) is 5.69 Å². The molecule has 2 rings (SSSR count). The summed E-state index contributed by atoms with van der Waals surface area (Å²) in [5.74, 6) is 1.48. The molecule has 0 saturated carbocycles. The Morgan fingerprint density at radius 2 is 1.75 bits per heavy atom. The first kappa shape index (κ1) is 18.1. The van der Waals surface area contributed by atoms with Crippen LogP contribution in [0.2, 0.25) is 0 Å². The van der Waals surface area contributed by atoms with Gasteiger partial charge in [-0.3, -0.25) is 9.59 Å². The summed E-state index contributed by atoms with van der Waals surface area (Å²) in [6.07, 6.45) is 0.463. The highest BCUT2D eigenvalue weighted by Crippen LogP contribution is 2.30. The summed E-state index contributed by atoms with van der Waals surface area (Å²) in [6, 6.07) is 4.90. The molecule has 1 aromatic carbocycles. The monoisotopic (exact) mass is 334 g/mol. The number of ether oxygens (including phenoxy) is 2. The predicted molar refractivity (Wildman–Crippen MR) is 92.5 cm³/mol. The molecule has 0 aromatic heterocycles. The first-order valence-corrected chi connectivity index (χ1v) is 8.21. The van der Waals surface area contributed by atoms with Gasteiger partial charge in [0.2, 0.25) is 11.8 Å². The molecule has 1 fully saturated rings. The second-order valence-corrected chi connectivity index (χ2v) is 6.42. The fraction of sp³-hybridized carbons (Fsp3) is 0.556. The predicted octanol–water partition coefficient (Wildman–Crippen LogP) is 2.31. The Hall–Kier alpha value is -2.24. The van der Waals surface area contributed by atoms with Gasteiger partial charge in [0.1, 0.15) is 17.5 Å². The molecule has 0 radical (unpaired) electrons. The number of hydrogen-bond acceptors (Lipinski definition) is 4. The maximum atomic E-state index is 12.8. The van der Waals surface area contributed by atoms with Crippen LogP contribution in [0.25, 0.3) is 0 Å². The highest BCUT2D eigenvalue weighted by Gasteiger charge is 2.35. The molecule has 0 spiro atoms. The van der Waals surface area contributed by atoms with E-state index in [1.807, 2.05) is 13.8 Å². The fourth-order valence-electron chi connectivity index (χ4n) is 2.88. The van der Waals surface area contributed by atoms with Gasteiger partial charge in [0.05, 0.1) is 19.9 Å². The van der Waals surface area contributed by atoms with E-state index in [4.69, 9.17) is 9.47 Å². The molecule has 1 aliphatic heterocycles. The molecule has 24 heavy (non-hydrogen) atoms. The Morgan fingerprint density at radius 1 is 1.17 bits per heavy atom. The highest BCUT2D eigenvalue weighted by molar-refractivity contribution is 6.00. The summed E-state index contributed by atoms with van der Waals surface area (Å²) in [4.78, 5) is 28.5. The second-order valence-electron chi connectivity index (χ2n) is 6.42. The molecule has 6 heteroatoms. The van der Waals surface area contributed by atoms with Gasteiger partial charge in [-0.2, -0.15) is 0 Å². The van der Waals surface area contributed by atoms with Crippen LogP contribution in [0.3, 0.4) is 0 Å². The highest BCUT2D eigenvalue weighted by atomic mass is 16.5. The number of benzene rings is 1. The lowest BCUT2D eigenvalue weighted by atomic mass is 10.1. The lowest BCUT2D eigenvalue weighted by molar-refractivity contribution is -0.141. The van der Waals surface area contributed by atoms with E-state index in [2.05, 4.69) is 0 Å². The minimum atomic E-state index is -0.470. The van der Waals surface area contributed by atoms with Crippen LogP contribution in [-0.4, -0.2) is 50.1 Å². The van der Waals surface area contributed by atoms with E-state index in [1.54, 1.807) is 49.1 Å². The zero-order valence-corrected chi connectivity index (χ0v) is 15.0. The van der Waals surface area contributed by atoms with Crippen molar-refractivity contribution in [2.75, 3.05) is 32.2 Å². The third kappa shape index (κ3) is 3.80. The van der Waals surface area contributed by atoms with Crippen LogP contribution in [-0.2, 0) is 9.59 Å². The molecular formula is C18H26N2O4. The van der Waals surface area contributed by atoms with Crippen LogP contribution < -0.4 is 14.4 Å². The van der Waals surface area contributed by atoms with E-state index < -0.39 is 6.04 Å². The summed E-state index contributed by atoms with van der Waals surface area (Å²) < 4.78 is 10.5. The number of piperazine rings is 1. The Labute approximate surface area is 143 Å². The Bertz CT molecular complexity index is 593. The van der Waals surface area contributed by atoms with Crippen LogP contribution in [0, 0.1) is 5.92 Å². The van der Waals surface area contributed by atoms with Gasteiger partial charge < -0.3 is 19.3 Å². The average molecular weight is 334 g/mol. The van der Waals surface area contributed by atoms with Gasteiger partial charge in [-0.25, -0.2) is 0 Å². The van der Waals surface area contributed by atoms with Crippen molar-refractivity contribution in [3.8, 4) is 11.5 Å². The zero-order chi connectivity index (χ0) is 17.9. The number of methoxy groups -OCH3 is 2. The fourth-order valence-corrected chi connectivity index (χ4v) is 2.88. The maximum Gasteiger partial charge on any atom is 0.249 e. The normalized spacial score (nSPS) is 18.1. The van der Waals surface area contributed by atoms with E-state index in [1.165, 1.54) is 0 Å². The van der Waals surface area contributed by atoms with Crippen molar-refractivity contribution in [3.05, 3.63) is 18.2 Å². The van der Waals surface area contributed by atoms with Crippen molar-refractivity contribution in [2.45, 2.75) is 33.2 Å². The number of hydrogen-bond donors (Lipinski definition) is 0. The van der Waals surface area contributed by atoms with E-state index in [0.29, 0.717) is 31.0 Å². The topological polar surface area (TPSA) is 59.1 Å². The summed E-state index contributed by atoms with van der Waals surface area (Å²) >= 11 is 0. The smallest absolute Gasteiger partial charge is 0.249 e. The lowest BCUT2D eigenvalue weighted by Gasteiger charge is -2.39. The van der Waals surface area contributed by atoms with Gasteiger partial charge in [-0.1, -0.05) is 13.8 Å². The molecular weight excluding hydrogens is 308 g/mol. The Balaban J connectivity index is 2.21. The quantitative estimate of drug-likeness (QED) is 0.829. The van der Waals surface area contributed by atoms with E-state index in [9.17, 15) is 9.59 Å². The second kappa shape index (κ2) is 7.55. The molecule has 1 saturated heterocycles. The van der Waals surface area contributed by atoms with Crippen LogP contribution >= 0.6 is 0 Å². The number of nitrogens with zero attached hydrogens (tertiary/aromatic N) is 2. The number of anilines is 1. The van der Waals surface area contributed by atoms with E-state index in [-0.39, 0.29) is 17.7 Å². The van der Waals surface area contributed by atoms with Crippen LogP contribution in [0.5, 0.6) is 11.5 Å². The van der Waals surface area contributed by atoms with Crippen LogP contribution in [0.15, 0.2) is 18.2 Å². The first-order valence-electron chi connectivity index (χ1n) is 8.21. The Morgan fingerprint density at radius 3 is 2.25 bits per heavy atom. The third-order valence-electron chi connectivity index (χ3n) is 4.21. The van der Waals surface area contributed by atoms with Crippen molar-refractivity contribution in [3.63, 3.8) is 0 Å². The maximum absolute atomic E-state index is 12.8. The minimum Gasteiger partial charge on any atom is -0.497 e. The van der Waals surface area contributed by atoms with Gasteiger partial charge in [0, 0.05) is 37.7 Å². The minimum absolute atomic E-state index is 0.0359. The van der Waals surface area contributed by atoms with Gasteiger partial charge in [0.15, 0.2) is 0 Å². The number of carbonyl (C=O) groups is 2.